The Morgan fingerprint density at radius 3 is 2.96 bits per heavy atom. The molecular weight excluding hydrogens is 337 g/mol. The van der Waals surface area contributed by atoms with Gasteiger partial charge in [0.25, 0.3) is 5.91 Å². The largest absolute Gasteiger partial charge is 0.360 e. The molecule has 6 heteroatoms. The maximum atomic E-state index is 14.2. The first-order valence-corrected chi connectivity index (χ1v) is 8.54. The molecule has 0 unspecified atom stereocenters. The topological polar surface area (TPSA) is 50.1 Å². The molecule has 124 valence electrons. The van der Waals surface area contributed by atoms with Crippen LogP contribution in [0.25, 0.3) is 21.1 Å². The van der Waals surface area contributed by atoms with Crippen LogP contribution in [0.5, 0.6) is 0 Å². The summed E-state index contributed by atoms with van der Waals surface area (Å²) < 4.78 is 16.6. The number of H-pyrrole nitrogens is 1. The zero-order valence-corrected chi connectivity index (χ0v) is 14.0. The van der Waals surface area contributed by atoms with Crippen LogP contribution in [-0.4, -0.2) is 15.5 Å². The van der Waals surface area contributed by atoms with Gasteiger partial charge in [0.1, 0.15) is 5.82 Å². The quantitative estimate of drug-likeness (QED) is 0.551. The third-order valence-electron chi connectivity index (χ3n) is 3.98. The van der Waals surface area contributed by atoms with Crippen molar-refractivity contribution in [2.45, 2.75) is 6.54 Å². The van der Waals surface area contributed by atoms with Crippen LogP contribution in [0.3, 0.4) is 0 Å². The zero-order chi connectivity index (χ0) is 17.4. The van der Waals surface area contributed by atoms with Crippen LogP contribution >= 0.6 is 11.3 Å². The molecule has 0 spiro atoms. The van der Waals surface area contributed by atoms with Gasteiger partial charge in [0.05, 0.1) is 15.8 Å². The van der Waals surface area contributed by atoms with E-state index in [0.29, 0.717) is 22.4 Å². The summed E-state index contributed by atoms with van der Waals surface area (Å²) in [6, 6.07) is 12.4. The maximum absolute atomic E-state index is 14.2. The molecule has 0 saturated carbocycles. The third kappa shape index (κ3) is 2.60. The smallest absolute Gasteiger partial charge is 0.281 e. The van der Waals surface area contributed by atoms with Gasteiger partial charge in [0, 0.05) is 23.6 Å². The lowest BCUT2D eigenvalue weighted by atomic mass is 10.2. The van der Waals surface area contributed by atoms with E-state index in [2.05, 4.69) is 16.6 Å². The highest BCUT2D eigenvalue weighted by Gasteiger charge is 2.14. The molecule has 0 aliphatic carbocycles. The highest BCUT2D eigenvalue weighted by atomic mass is 32.1. The van der Waals surface area contributed by atoms with Gasteiger partial charge >= 0.3 is 0 Å². The van der Waals surface area contributed by atoms with E-state index in [1.807, 2.05) is 30.3 Å². The Kier molecular flexibility index (Phi) is 3.82. The molecule has 0 bridgehead atoms. The fourth-order valence-corrected chi connectivity index (χ4v) is 3.92. The summed E-state index contributed by atoms with van der Waals surface area (Å²) in [6.07, 6.45) is 3.32. The summed E-state index contributed by atoms with van der Waals surface area (Å²) in [5.41, 5.74) is 1.82. The van der Waals surface area contributed by atoms with Gasteiger partial charge in [-0.2, -0.15) is 4.99 Å². The minimum atomic E-state index is -0.359. The van der Waals surface area contributed by atoms with Crippen LogP contribution in [0.1, 0.15) is 10.4 Å². The van der Waals surface area contributed by atoms with Gasteiger partial charge < -0.3 is 9.55 Å². The number of nitrogens with one attached hydrogen (secondary N) is 1. The van der Waals surface area contributed by atoms with Crippen LogP contribution < -0.4 is 4.80 Å². The molecule has 25 heavy (non-hydrogen) atoms. The number of amides is 1. The minimum Gasteiger partial charge on any atom is -0.360 e. The van der Waals surface area contributed by atoms with Gasteiger partial charge in [-0.3, -0.25) is 4.79 Å². The molecule has 4 nitrogen and oxygen atoms in total. The van der Waals surface area contributed by atoms with Crippen LogP contribution in [-0.2, 0) is 6.54 Å². The first kappa shape index (κ1) is 15.5. The Bertz CT molecular complexity index is 1180. The minimum absolute atomic E-state index is 0.336. The first-order chi connectivity index (χ1) is 12.2. The van der Waals surface area contributed by atoms with Crippen molar-refractivity contribution in [3.8, 4) is 0 Å². The number of rotatable bonds is 3. The molecule has 0 aliphatic rings. The number of fused-ring (bicyclic) bond motifs is 2. The fourth-order valence-electron chi connectivity index (χ4n) is 2.87. The Balaban J connectivity index is 1.91. The second kappa shape index (κ2) is 6.14. The van der Waals surface area contributed by atoms with E-state index in [0.717, 1.165) is 15.6 Å². The molecule has 0 radical (unpaired) electrons. The number of hydrogen-bond acceptors (Lipinski definition) is 2. The molecule has 2 heterocycles. The first-order valence-electron chi connectivity index (χ1n) is 7.73. The number of benzene rings is 2. The number of carbonyl (C=O) groups is 1. The van der Waals surface area contributed by atoms with Crippen molar-refractivity contribution < 1.29 is 9.18 Å². The number of allylic oxidation sites excluding steroid dienone is 1. The monoisotopic (exact) mass is 351 g/mol. The molecule has 2 aromatic heterocycles. The van der Waals surface area contributed by atoms with Crippen molar-refractivity contribution in [2.24, 2.45) is 4.99 Å². The Hall–Kier alpha value is -2.99. The van der Waals surface area contributed by atoms with Crippen molar-refractivity contribution >= 4 is 38.4 Å². The summed E-state index contributed by atoms with van der Waals surface area (Å²) in [5.74, 6) is -0.696. The average Bonchev–Trinajstić information content (AvgIpc) is 3.18. The second-order valence-electron chi connectivity index (χ2n) is 5.54. The number of nitrogens with zero attached hydrogens (tertiary/aromatic N) is 2. The van der Waals surface area contributed by atoms with Crippen molar-refractivity contribution in [1.82, 2.24) is 9.55 Å². The van der Waals surface area contributed by atoms with Gasteiger partial charge in [-0.15, -0.1) is 6.58 Å². The lowest BCUT2D eigenvalue weighted by Crippen LogP contribution is -2.16. The Morgan fingerprint density at radius 1 is 1.28 bits per heavy atom. The third-order valence-corrected chi connectivity index (χ3v) is 5.02. The Morgan fingerprint density at radius 2 is 2.12 bits per heavy atom. The van der Waals surface area contributed by atoms with Crippen LogP contribution in [0.15, 0.2) is 66.3 Å². The van der Waals surface area contributed by atoms with E-state index >= 15 is 0 Å². The lowest BCUT2D eigenvalue weighted by molar-refractivity contribution is 0.0999. The molecule has 0 aliphatic heterocycles. The van der Waals surface area contributed by atoms with Crippen LogP contribution in [0.2, 0.25) is 0 Å². The number of para-hydroxylation sites is 2. The van der Waals surface area contributed by atoms with Crippen molar-refractivity contribution in [1.29, 1.82) is 0 Å². The number of halogens is 1. The van der Waals surface area contributed by atoms with Gasteiger partial charge in [-0.1, -0.05) is 41.7 Å². The number of hydrogen-bond donors (Lipinski definition) is 1. The number of thiazole rings is 1. The maximum Gasteiger partial charge on any atom is 0.281 e. The van der Waals surface area contributed by atoms with Crippen LogP contribution in [0.4, 0.5) is 4.39 Å². The number of aromatic amines is 1. The van der Waals surface area contributed by atoms with Gasteiger partial charge in [0.2, 0.25) is 0 Å². The highest BCUT2D eigenvalue weighted by molar-refractivity contribution is 7.16. The fraction of sp³-hybridized carbons (Fsp3) is 0.0526. The molecule has 4 aromatic rings. The summed E-state index contributed by atoms with van der Waals surface area (Å²) in [4.78, 5) is 20.5. The zero-order valence-electron chi connectivity index (χ0n) is 13.2. The normalized spacial score (nSPS) is 12.1. The summed E-state index contributed by atoms with van der Waals surface area (Å²) in [5, 5.41) is 0.818. The molecule has 0 atom stereocenters. The SMILES string of the molecule is C=CCn1c(=NC(=O)c2c[nH]c3ccccc23)sc2cccc(F)c21. The molecule has 0 fully saturated rings. The predicted octanol–water partition coefficient (Wildman–Crippen LogP) is 4.25. The lowest BCUT2D eigenvalue weighted by Gasteiger charge is -2.01. The number of aromatic nitrogens is 2. The van der Waals surface area contributed by atoms with Gasteiger partial charge in [-0.05, 0) is 18.2 Å². The van der Waals surface area contributed by atoms with Crippen molar-refractivity contribution in [3.63, 3.8) is 0 Å². The standard InChI is InChI=1S/C19H14FN3OS/c1-2-10-23-17-14(20)7-5-9-16(17)25-19(23)22-18(24)13-11-21-15-8-4-3-6-12(13)15/h2-9,11,21H,1,10H2. The molecule has 4 rings (SSSR count). The average molecular weight is 351 g/mol. The molecule has 0 saturated heterocycles. The number of carbonyl (C=O) groups excluding carboxylic acids is 1. The van der Waals surface area contributed by atoms with Crippen molar-refractivity contribution in [3.05, 3.63) is 77.5 Å². The van der Waals surface area contributed by atoms with Gasteiger partial charge in [-0.25, -0.2) is 4.39 Å². The predicted molar refractivity (Wildman–Crippen MR) is 98.2 cm³/mol. The molecule has 1 N–H and O–H groups in total. The highest BCUT2D eigenvalue weighted by Crippen LogP contribution is 2.21. The van der Waals surface area contributed by atoms with Gasteiger partial charge in [0.15, 0.2) is 4.80 Å². The van der Waals surface area contributed by atoms with E-state index in [1.165, 1.54) is 17.4 Å². The summed E-state index contributed by atoms with van der Waals surface area (Å²) in [7, 11) is 0. The molecule has 2 aromatic carbocycles. The van der Waals surface area contributed by atoms with E-state index in [1.54, 1.807) is 22.9 Å². The van der Waals surface area contributed by atoms with E-state index in [-0.39, 0.29) is 11.7 Å². The van der Waals surface area contributed by atoms with Crippen LogP contribution in [0, 0.1) is 5.82 Å². The van der Waals surface area contributed by atoms with E-state index in [9.17, 15) is 9.18 Å². The molecular formula is C19H14FN3OS. The summed E-state index contributed by atoms with van der Waals surface area (Å²) >= 11 is 1.29. The Labute approximate surface area is 146 Å². The summed E-state index contributed by atoms with van der Waals surface area (Å²) in [6.45, 7) is 4.09. The molecule has 1 amide bonds. The van der Waals surface area contributed by atoms with E-state index in [4.69, 9.17) is 0 Å². The second-order valence-corrected chi connectivity index (χ2v) is 6.54. The van der Waals surface area contributed by atoms with Crippen molar-refractivity contribution in [2.75, 3.05) is 0 Å². The van der Waals surface area contributed by atoms with E-state index < -0.39 is 0 Å².